The number of pyridine rings is 1. The van der Waals surface area contributed by atoms with Gasteiger partial charge in [0.05, 0.1) is 5.92 Å². The summed E-state index contributed by atoms with van der Waals surface area (Å²) in [6, 6.07) is 19.4. The fraction of sp³-hybridized carbons (Fsp3) is 0.143. The third-order valence-electron chi connectivity index (χ3n) is 4.21. The van der Waals surface area contributed by atoms with Crippen LogP contribution >= 0.6 is 0 Å². The molecule has 3 aromatic rings. The molecule has 1 unspecified atom stereocenters. The quantitative estimate of drug-likeness (QED) is 0.700. The Hall–Kier alpha value is -3.01. The van der Waals surface area contributed by atoms with E-state index in [1.807, 2.05) is 42.5 Å². The lowest BCUT2D eigenvalue weighted by atomic mass is 9.91. The van der Waals surface area contributed by atoms with Crippen LogP contribution in [0, 0.1) is 5.82 Å². The second kappa shape index (κ2) is 7.71. The van der Waals surface area contributed by atoms with Crippen molar-refractivity contribution >= 4 is 11.6 Å². The van der Waals surface area contributed by atoms with Gasteiger partial charge < -0.3 is 4.90 Å². The van der Waals surface area contributed by atoms with E-state index >= 15 is 0 Å². The van der Waals surface area contributed by atoms with Crippen LogP contribution < -0.4 is 4.90 Å². The molecule has 4 heteroatoms. The summed E-state index contributed by atoms with van der Waals surface area (Å²) in [5, 5.41) is 0. The number of likely N-dealkylation sites (N-methyl/N-ethyl adjacent to an activating group) is 1. The number of anilines is 1. The van der Waals surface area contributed by atoms with E-state index in [0.29, 0.717) is 6.42 Å². The molecule has 0 saturated heterocycles. The van der Waals surface area contributed by atoms with E-state index in [0.717, 1.165) is 16.8 Å². The van der Waals surface area contributed by atoms with Gasteiger partial charge in [-0.25, -0.2) is 4.39 Å². The second-order valence-corrected chi connectivity index (χ2v) is 5.90. The zero-order valence-electron chi connectivity index (χ0n) is 14.0. The summed E-state index contributed by atoms with van der Waals surface area (Å²) >= 11 is 0. The zero-order chi connectivity index (χ0) is 17.6. The molecule has 0 saturated carbocycles. The van der Waals surface area contributed by atoms with Crippen molar-refractivity contribution in [1.29, 1.82) is 0 Å². The number of halogens is 1. The summed E-state index contributed by atoms with van der Waals surface area (Å²) in [7, 11) is 1.76. The molecular weight excluding hydrogens is 315 g/mol. The van der Waals surface area contributed by atoms with Gasteiger partial charge in [-0.15, -0.1) is 0 Å². The summed E-state index contributed by atoms with van der Waals surface area (Å²) in [5.41, 5.74) is 2.58. The van der Waals surface area contributed by atoms with Gasteiger partial charge in [-0.3, -0.25) is 9.78 Å². The van der Waals surface area contributed by atoms with Crippen LogP contribution in [0.25, 0.3) is 0 Å². The summed E-state index contributed by atoms with van der Waals surface area (Å²) in [4.78, 5) is 18.9. The van der Waals surface area contributed by atoms with Crippen LogP contribution in [0.1, 0.15) is 17.0 Å². The Morgan fingerprint density at radius 3 is 2.40 bits per heavy atom. The molecule has 1 heterocycles. The first kappa shape index (κ1) is 16.8. The monoisotopic (exact) mass is 334 g/mol. The normalized spacial score (nSPS) is 11.8. The molecule has 3 rings (SSSR count). The number of carbonyl (C=O) groups excluding carboxylic acids is 1. The van der Waals surface area contributed by atoms with Gasteiger partial charge in [0, 0.05) is 25.1 Å². The average Bonchev–Trinajstić information content (AvgIpc) is 2.67. The molecule has 0 aliphatic rings. The highest BCUT2D eigenvalue weighted by Crippen LogP contribution is 2.25. The maximum Gasteiger partial charge on any atom is 0.234 e. The van der Waals surface area contributed by atoms with Gasteiger partial charge >= 0.3 is 0 Å². The third-order valence-corrected chi connectivity index (χ3v) is 4.21. The van der Waals surface area contributed by atoms with E-state index in [4.69, 9.17) is 0 Å². The van der Waals surface area contributed by atoms with E-state index in [1.165, 1.54) is 12.1 Å². The molecule has 0 radical (unpaired) electrons. The van der Waals surface area contributed by atoms with Gasteiger partial charge in [-0.05, 0) is 47.9 Å². The smallest absolute Gasteiger partial charge is 0.234 e. The minimum absolute atomic E-state index is 0.0401. The van der Waals surface area contributed by atoms with Gasteiger partial charge in [-0.2, -0.15) is 0 Å². The SMILES string of the molecule is CN(C(=O)C(Cc1cccnc1)c1ccc(F)cc1)c1ccccc1. The van der Waals surface area contributed by atoms with E-state index in [-0.39, 0.29) is 11.7 Å². The number of aromatic nitrogens is 1. The summed E-state index contributed by atoms with van der Waals surface area (Å²) < 4.78 is 13.3. The molecular formula is C21H19FN2O. The standard InChI is InChI=1S/C21H19FN2O/c1-24(19-7-3-2-4-8-19)21(25)20(14-16-6-5-13-23-15-16)17-9-11-18(22)12-10-17/h2-13,15,20H,14H2,1H3. The van der Waals surface area contributed by atoms with Crippen molar-refractivity contribution in [3.05, 3.63) is 96.1 Å². The lowest BCUT2D eigenvalue weighted by Crippen LogP contribution is -2.32. The molecule has 1 atom stereocenters. The lowest BCUT2D eigenvalue weighted by Gasteiger charge is -2.24. The van der Waals surface area contributed by atoms with Gasteiger partial charge in [0.2, 0.25) is 5.91 Å². The van der Waals surface area contributed by atoms with E-state index < -0.39 is 5.92 Å². The number of hydrogen-bond donors (Lipinski definition) is 0. The summed E-state index contributed by atoms with van der Waals surface area (Å²) in [5.74, 6) is -0.760. The molecule has 25 heavy (non-hydrogen) atoms. The van der Waals surface area contributed by atoms with Crippen LogP contribution in [-0.4, -0.2) is 17.9 Å². The molecule has 3 nitrogen and oxygen atoms in total. The first-order valence-corrected chi connectivity index (χ1v) is 8.12. The molecule has 1 aromatic heterocycles. The summed E-state index contributed by atoms with van der Waals surface area (Å²) in [6.07, 6.45) is 3.97. The van der Waals surface area contributed by atoms with Crippen molar-refractivity contribution in [3.63, 3.8) is 0 Å². The number of benzene rings is 2. The fourth-order valence-electron chi connectivity index (χ4n) is 2.81. The molecule has 0 aliphatic carbocycles. The second-order valence-electron chi connectivity index (χ2n) is 5.90. The van der Waals surface area contributed by atoms with Crippen LogP contribution in [0.4, 0.5) is 10.1 Å². The van der Waals surface area contributed by atoms with Crippen molar-refractivity contribution in [2.75, 3.05) is 11.9 Å². The predicted octanol–water partition coefficient (Wildman–Crippen LogP) is 4.21. The maximum absolute atomic E-state index is 13.3. The van der Waals surface area contributed by atoms with Crippen molar-refractivity contribution in [2.24, 2.45) is 0 Å². The molecule has 126 valence electrons. The van der Waals surface area contributed by atoms with E-state index in [2.05, 4.69) is 4.98 Å². The molecule has 0 bridgehead atoms. The first-order chi connectivity index (χ1) is 12.1. The molecule has 0 fully saturated rings. The Kier molecular flexibility index (Phi) is 5.19. The number of amides is 1. The van der Waals surface area contributed by atoms with Gasteiger partial charge in [0.1, 0.15) is 5.82 Å². The fourth-order valence-corrected chi connectivity index (χ4v) is 2.81. The summed E-state index contributed by atoms with van der Waals surface area (Å²) in [6.45, 7) is 0. The van der Waals surface area contributed by atoms with Gasteiger partial charge in [-0.1, -0.05) is 36.4 Å². The topological polar surface area (TPSA) is 33.2 Å². The minimum Gasteiger partial charge on any atom is -0.315 e. The number of carbonyl (C=O) groups is 1. The third kappa shape index (κ3) is 4.10. The maximum atomic E-state index is 13.3. The Labute approximate surface area is 146 Å². The Bertz CT molecular complexity index is 820. The first-order valence-electron chi connectivity index (χ1n) is 8.12. The lowest BCUT2D eigenvalue weighted by molar-refractivity contribution is -0.119. The van der Waals surface area contributed by atoms with E-state index in [1.54, 1.807) is 36.5 Å². The van der Waals surface area contributed by atoms with Crippen LogP contribution in [0.3, 0.4) is 0 Å². The molecule has 0 aliphatic heterocycles. The largest absolute Gasteiger partial charge is 0.315 e. The highest BCUT2D eigenvalue weighted by Gasteiger charge is 2.25. The zero-order valence-corrected chi connectivity index (χ0v) is 14.0. The molecule has 2 aromatic carbocycles. The Morgan fingerprint density at radius 2 is 1.76 bits per heavy atom. The number of hydrogen-bond acceptors (Lipinski definition) is 2. The number of rotatable bonds is 5. The Balaban J connectivity index is 1.92. The van der Waals surface area contributed by atoms with Crippen molar-refractivity contribution in [2.45, 2.75) is 12.3 Å². The van der Waals surface area contributed by atoms with Crippen molar-refractivity contribution in [3.8, 4) is 0 Å². The average molecular weight is 334 g/mol. The van der Waals surface area contributed by atoms with Crippen LogP contribution in [0.2, 0.25) is 0 Å². The highest BCUT2D eigenvalue weighted by molar-refractivity contribution is 5.97. The van der Waals surface area contributed by atoms with Crippen LogP contribution in [0.5, 0.6) is 0 Å². The van der Waals surface area contributed by atoms with Crippen LogP contribution in [-0.2, 0) is 11.2 Å². The van der Waals surface area contributed by atoms with Gasteiger partial charge in [0.25, 0.3) is 0 Å². The Morgan fingerprint density at radius 1 is 1.04 bits per heavy atom. The van der Waals surface area contributed by atoms with Crippen molar-refractivity contribution in [1.82, 2.24) is 4.98 Å². The molecule has 0 spiro atoms. The predicted molar refractivity (Wildman–Crippen MR) is 96.9 cm³/mol. The van der Waals surface area contributed by atoms with E-state index in [9.17, 15) is 9.18 Å². The minimum atomic E-state index is -0.407. The van der Waals surface area contributed by atoms with Gasteiger partial charge in [0.15, 0.2) is 0 Å². The highest BCUT2D eigenvalue weighted by atomic mass is 19.1. The van der Waals surface area contributed by atoms with Crippen LogP contribution in [0.15, 0.2) is 79.1 Å². The number of para-hydroxylation sites is 1. The molecule has 1 amide bonds. The van der Waals surface area contributed by atoms with Crippen molar-refractivity contribution < 1.29 is 9.18 Å². The molecule has 0 N–H and O–H groups in total. The number of nitrogens with zero attached hydrogens (tertiary/aromatic N) is 2.